The van der Waals surface area contributed by atoms with Crippen LogP contribution in [0.1, 0.15) is 21.6 Å². The largest absolute Gasteiger partial charge is 0.488 e. The second-order valence-electron chi connectivity index (χ2n) is 7.79. The third-order valence-corrected chi connectivity index (χ3v) is 7.22. The molecular weight excluding hydrogens is 420 g/mol. The fraction of sp³-hybridized carbons (Fsp3) is 0.333. The van der Waals surface area contributed by atoms with Gasteiger partial charge in [-0.1, -0.05) is 12.1 Å². The molecule has 0 radical (unpaired) electrons. The van der Waals surface area contributed by atoms with Crippen LogP contribution in [-0.4, -0.2) is 44.8 Å². The quantitative estimate of drug-likeness (QED) is 0.695. The van der Waals surface area contributed by atoms with Gasteiger partial charge in [0.2, 0.25) is 10.0 Å². The molecule has 4 rings (SSSR count). The van der Waals surface area contributed by atoms with E-state index in [2.05, 4.69) is 22.7 Å². The number of nitriles is 1. The number of fused-ring (bicyclic) bond motifs is 1. The number of anilines is 1. The Kier molecular flexibility index (Phi) is 5.13. The Bertz CT molecular complexity index is 1220. The first-order valence-electron chi connectivity index (χ1n) is 9.58. The summed E-state index contributed by atoms with van der Waals surface area (Å²) < 4.78 is 41.3. The van der Waals surface area contributed by atoms with Crippen molar-refractivity contribution in [3.8, 4) is 11.8 Å². The van der Waals surface area contributed by atoms with Gasteiger partial charge in [-0.05, 0) is 24.6 Å². The molecule has 2 aromatic rings. The van der Waals surface area contributed by atoms with Crippen LogP contribution in [0.4, 0.5) is 5.69 Å². The summed E-state index contributed by atoms with van der Waals surface area (Å²) in [7, 11) is -2.37. The Labute approximate surface area is 180 Å². The highest BCUT2D eigenvalue weighted by Crippen LogP contribution is 2.38. The lowest BCUT2D eigenvalue weighted by Gasteiger charge is -2.44. The number of nitrogens with one attached hydrogen (secondary N) is 2. The van der Waals surface area contributed by atoms with Crippen LogP contribution >= 0.6 is 0 Å². The number of aryl methyl sites for hydroxylation is 2. The van der Waals surface area contributed by atoms with E-state index in [1.54, 1.807) is 38.2 Å². The summed E-state index contributed by atoms with van der Waals surface area (Å²) in [5.74, 6) is -0.558. The van der Waals surface area contributed by atoms with Gasteiger partial charge in [-0.25, -0.2) is 13.1 Å². The van der Waals surface area contributed by atoms with Crippen molar-refractivity contribution in [3.05, 3.63) is 53.9 Å². The molecule has 0 saturated carbocycles. The van der Waals surface area contributed by atoms with Crippen LogP contribution in [0.3, 0.4) is 0 Å². The first kappa shape index (κ1) is 21.1. The molecule has 3 heterocycles. The maximum atomic E-state index is 13.0. The van der Waals surface area contributed by atoms with Crippen LogP contribution in [0.5, 0.6) is 5.75 Å². The molecule has 0 unspecified atom stereocenters. The Morgan fingerprint density at radius 3 is 2.81 bits per heavy atom. The lowest BCUT2D eigenvalue weighted by atomic mass is 9.79. The molecule has 9 nitrogen and oxygen atoms in total. The third kappa shape index (κ3) is 3.50. The van der Waals surface area contributed by atoms with Crippen molar-refractivity contribution in [2.45, 2.75) is 17.9 Å². The van der Waals surface area contributed by atoms with Crippen molar-refractivity contribution in [1.29, 1.82) is 5.26 Å². The first-order valence-corrected chi connectivity index (χ1v) is 11.1. The summed E-state index contributed by atoms with van der Waals surface area (Å²) in [6, 6.07) is 6.46. The highest BCUT2D eigenvalue weighted by molar-refractivity contribution is 7.89. The summed E-state index contributed by atoms with van der Waals surface area (Å²) in [6.45, 7) is 6.31. The molecule has 1 amide bonds. The van der Waals surface area contributed by atoms with Gasteiger partial charge >= 0.3 is 0 Å². The smallest absolute Gasteiger partial charge is 0.276 e. The molecule has 0 spiro atoms. The van der Waals surface area contributed by atoms with Crippen LogP contribution in [0.15, 0.2) is 41.9 Å². The SMILES string of the molecule is C=CC1([C@@H]2COc3c(cn(C)c3C(=O)Nc3ccc(C)c(C#N)c3)S(=O)(=O)N2)COC1. The predicted molar refractivity (Wildman–Crippen MR) is 112 cm³/mol. The average molecular weight is 442 g/mol. The van der Waals surface area contributed by atoms with E-state index in [1.165, 1.54) is 10.8 Å². The standard InChI is InChI=1S/C21H22N4O5S/c1-4-21(11-29-12-21)17-10-30-19-16(31(27,28)24-17)9-25(3)18(19)20(26)23-15-6-5-13(2)14(7-15)8-22/h4-7,9,17,24H,1,10-12H2,2-3H3,(H,23,26)/t17-/m0/s1. The molecule has 10 heteroatoms. The second-order valence-corrected chi connectivity index (χ2v) is 9.47. The van der Waals surface area contributed by atoms with Gasteiger partial charge in [-0.15, -0.1) is 6.58 Å². The van der Waals surface area contributed by atoms with Crippen molar-refractivity contribution in [3.63, 3.8) is 0 Å². The van der Waals surface area contributed by atoms with Gasteiger partial charge in [-0.3, -0.25) is 4.79 Å². The number of rotatable bonds is 4. The van der Waals surface area contributed by atoms with Crippen LogP contribution in [0, 0.1) is 23.7 Å². The number of sulfonamides is 1. The molecule has 1 saturated heterocycles. The molecule has 1 aromatic carbocycles. The summed E-state index contributed by atoms with van der Waals surface area (Å²) in [5, 5.41) is 11.9. The molecule has 31 heavy (non-hydrogen) atoms. The van der Waals surface area contributed by atoms with Crippen molar-refractivity contribution in [1.82, 2.24) is 9.29 Å². The lowest BCUT2D eigenvalue weighted by molar-refractivity contribution is -0.103. The second kappa shape index (κ2) is 7.53. The zero-order valence-corrected chi connectivity index (χ0v) is 18.0. The maximum absolute atomic E-state index is 13.0. The molecule has 2 aliphatic heterocycles. The van der Waals surface area contributed by atoms with Crippen molar-refractivity contribution < 1.29 is 22.7 Å². The number of nitrogens with zero attached hydrogens (tertiary/aromatic N) is 2. The highest BCUT2D eigenvalue weighted by atomic mass is 32.2. The molecule has 2 aliphatic rings. The number of ether oxygens (including phenoxy) is 2. The Balaban J connectivity index is 1.67. The molecule has 2 N–H and O–H groups in total. The van der Waals surface area contributed by atoms with Gasteiger partial charge in [0, 0.05) is 18.9 Å². The first-order chi connectivity index (χ1) is 14.7. The lowest BCUT2D eigenvalue weighted by Crippen LogP contribution is -2.58. The van der Waals surface area contributed by atoms with Gasteiger partial charge in [0.25, 0.3) is 5.91 Å². The van der Waals surface area contributed by atoms with Crippen molar-refractivity contribution >= 4 is 21.6 Å². The average Bonchev–Trinajstić information content (AvgIpc) is 2.97. The van der Waals surface area contributed by atoms with Crippen molar-refractivity contribution in [2.24, 2.45) is 12.5 Å². The summed E-state index contributed by atoms with van der Waals surface area (Å²) in [5.41, 5.74) is 1.16. The van der Waals surface area contributed by atoms with E-state index in [0.717, 1.165) is 5.56 Å². The summed E-state index contributed by atoms with van der Waals surface area (Å²) in [6.07, 6.45) is 3.03. The van der Waals surface area contributed by atoms with E-state index in [0.29, 0.717) is 24.5 Å². The summed E-state index contributed by atoms with van der Waals surface area (Å²) >= 11 is 0. The molecule has 0 aliphatic carbocycles. The Morgan fingerprint density at radius 1 is 1.45 bits per heavy atom. The zero-order valence-electron chi connectivity index (χ0n) is 17.1. The minimum absolute atomic E-state index is 0.0120. The number of carbonyl (C=O) groups is 1. The normalized spacial score (nSPS) is 20.9. The van der Waals surface area contributed by atoms with Crippen LogP contribution < -0.4 is 14.8 Å². The molecule has 1 atom stereocenters. The van der Waals surface area contributed by atoms with E-state index in [9.17, 15) is 18.5 Å². The third-order valence-electron chi connectivity index (χ3n) is 5.76. The molecule has 0 bridgehead atoms. The van der Waals surface area contributed by atoms with E-state index < -0.39 is 27.4 Å². The fourth-order valence-corrected chi connectivity index (χ4v) is 5.22. The molecular formula is C21H22N4O5S. The highest BCUT2D eigenvalue weighted by Gasteiger charge is 2.48. The monoisotopic (exact) mass is 442 g/mol. The number of carbonyl (C=O) groups excluding carboxylic acids is 1. The Morgan fingerprint density at radius 2 is 2.19 bits per heavy atom. The summed E-state index contributed by atoms with van der Waals surface area (Å²) in [4.78, 5) is 12.9. The van der Waals surface area contributed by atoms with Gasteiger partial charge < -0.3 is 19.4 Å². The van der Waals surface area contributed by atoms with Crippen LogP contribution in [0.25, 0.3) is 0 Å². The van der Waals surface area contributed by atoms with Gasteiger partial charge in [0.15, 0.2) is 11.4 Å². The van der Waals surface area contributed by atoms with Gasteiger partial charge in [0.1, 0.15) is 11.5 Å². The minimum atomic E-state index is -3.94. The van der Waals surface area contributed by atoms with E-state index in [4.69, 9.17) is 9.47 Å². The van der Waals surface area contributed by atoms with Gasteiger partial charge in [-0.2, -0.15) is 5.26 Å². The van der Waals surface area contributed by atoms with Crippen LogP contribution in [0.2, 0.25) is 0 Å². The minimum Gasteiger partial charge on any atom is -0.488 e. The van der Waals surface area contributed by atoms with Crippen molar-refractivity contribution in [2.75, 3.05) is 25.1 Å². The molecule has 162 valence electrons. The predicted octanol–water partition coefficient (Wildman–Crippen LogP) is 1.70. The van der Waals surface area contributed by atoms with Crippen LogP contribution in [-0.2, 0) is 21.8 Å². The number of aromatic nitrogens is 1. The molecule has 1 aromatic heterocycles. The number of benzene rings is 1. The topological polar surface area (TPSA) is 122 Å². The number of hydrogen-bond donors (Lipinski definition) is 2. The zero-order chi connectivity index (χ0) is 22.4. The Hall–Kier alpha value is -3.13. The number of hydrogen-bond acceptors (Lipinski definition) is 6. The van der Waals surface area contributed by atoms with Gasteiger partial charge in [0.05, 0.1) is 36.3 Å². The number of amides is 1. The molecule has 1 fully saturated rings. The van der Waals surface area contributed by atoms with E-state index >= 15 is 0 Å². The fourth-order valence-electron chi connectivity index (χ4n) is 3.71. The maximum Gasteiger partial charge on any atom is 0.276 e. The van der Waals surface area contributed by atoms with E-state index in [-0.39, 0.29) is 22.9 Å². The van der Waals surface area contributed by atoms with E-state index in [1.807, 2.05) is 0 Å².